The highest BCUT2D eigenvalue weighted by Crippen LogP contribution is 2.44. The largest absolute Gasteiger partial charge is 0.481 e. The molecule has 0 aromatic heterocycles. The number of nitrogens with one attached hydrogen (secondary N) is 2. The summed E-state index contributed by atoms with van der Waals surface area (Å²) in [5, 5.41) is 14.8. The lowest BCUT2D eigenvalue weighted by atomic mass is 9.98. The van der Waals surface area contributed by atoms with Crippen molar-refractivity contribution >= 4 is 18.0 Å². The van der Waals surface area contributed by atoms with Gasteiger partial charge in [-0.3, -0.25) is 9.59 Å². The van der Waals surface area contributed by atoms with Gasteiger partial charge in [-0.05, 0) is 41.0 Å². The summed E-state index contributed by atoms with van der Waals surface area (Å²) >= 11 is 0. The minimum Gasteiger partial charge on any atom is -0.481 e. The van der Waals surface area contributed by atoms with Gasteiger partial charge in [-0.15, -0.1) is 0 Å². The first kappa shape index (κ1) is 24.8. The Bertz CT molecular complexity index is 1020. The van der Waals surface area contributed by atoms with Gasteiger partial charge in [0.2, 0.25) is 5.91 Å². The molecular weight excluding hydrogens is 444 g/mol. The van der Waals surface area contributed by atoms with Gasteiger partial charge < -0.3 is 20.5 Å². The number of aliphatic carboxylic acids is 1. The zero-order valence-corrected chi connectivity index (χ0v) is 20.2. The van der Waals surface area contributed by atoms with Crippen LogP contribution in [0.15, 0.2) is 48.5 Å². The van der Waals surface area contributed by atoms with Gasteiger partial charge in [-0.1, -0.05) is 74.7 Å². The molecule has 7 nitrogen and oxygen atoms in total. The standard InChI is InChI=1S/C28H34N2O5/c1-2-7-20(15-26(31)32)30-27(33)19(14-18-12-13-18)16-29-28(34)35-17-25-23-10-5-3-8-21(23)22-9-4-6-11-24(22)25/h3-6,8-11,18-20,25H,2,7,12-17H2,1H3,(H,29,34)(H,30,33)(H,31,32)/t19?,20-/m0/s1. The second-order valence-corrected chi connectivity index (χ2v) is 9.67. The second-order valence-electron chi connectivity index (χ2n) is 9.67. The van der Waals surface area contributed by atoms with Gasteiger partial charge in [0, 0.05) is 18.5 Å². The van der Waals surface area contributed by atoms with E-state index in [4.69, 9.17) is 9.84 Å². The van der Waals surface area contributed by atoms with Crippen LogP contribution in [-0.2, 0) is 14.3 Å². The van der Waals surface area contributed by atoms with Gasteiger partial charge in [0.1, 0.15) is 6.61 Å². The van der Waals surface area contributed by atoms with E-state index in [2.05, 4.69) is 34.9 Å². The zero-order chi connectivity index (χ0) is 24.8. The SMILES string of the molecule is CCC[C@@H](CC(=O)O)NC(=O)C(CNC(=O)OCC1c2ccccc2-c2ccccc21)CC1CC1. The van der Waals surface area contributed by atoms with E-state index in [0.717, 1.165) is 30.4 Å². The Balaban J connectivity index is 1.33. The average Bonchev–Trinajstić information content (AvgIpc) is 3.60. The molecule has 1 saturated carbocycles. The Morgan fingerprint density at radius 1 is 1.03 bits per heavy atom. The molecule has 0 saturated heterocycles. The van der Waals surface area contributed by atoms with Crippen molar-refractivity contribution in [3.63, 3.8) is 0 Å². The van der Waals surface area contributed by atoms with E-state index >= 15 is 0 Å². The third-order valence-electron chi connectivity index (χ3n) is 6.93. The van der Waals surface area contributed by atoms with Crippen LogP contribution in [0.3, 0.4) is 0 Å². The fourth-order valence-corrected chi connectivity index (χ4v) is 5.00. The Hall–Kier alpha value is -3.35. The van der Waals surface area contributed by atoms with Crippen LogP contribution in [0.2, 0.25) is 0 Å². The number of hydrogen-bond donors (Lipinski definition) is 3. The number of ether oxygens (including phenoxy) is 1. The first-order valence-electron chi connectivity index (χ1n) is 12.6. The molecule has 1 unspecified atom stereocenters. The molecule has 1 fully saturated rings. The molecule has 2 aromatic rings. The van der Waals surface area contributed by atoms with E-state index in [-0.39, 0.29) is 31.4 Å². The van der Waals surface area contributed by atoms with Gasteiger partial charge in [0.05, 0.1) is 12.3 Å². The highest BCUT2D eigenvalue weighted by atomic mass is 16.5. The van der Waals surface area contributed by atoms with Crippen LogP contribution < -0.4 is 10.6 Å². The number of fused-ring (bicyclic) bond motifs is 3. The fraction of sp³-hybridized carbons (Fsp3) is 0.464. The van der Waals surface area contributed by atoms with Crippen molar-refractivity contribution in [3.05, 3.63) is 59.7 Å². The molecule has 0 radical (unpaired) electrons. The highest BCUT2D eigenvalue weighted by Gasteiger charge is 2.32. The maximum Gasteiger partial charge on any atom is 0.407 e. The number of alkyl carbamates (subject to hydrolysis) is 1. The minimum atomic E-state index is -0.931. The minimum absolute atomic E-state index is 0.0236. The summed E-state index contributed by atoms with van der Waals surface area (Å²) < 4.78 is 5.60. The maximum absolute atomic E-state index is 12.9. The molecular formula is C28H34N2O5. The molecule has 186 valence electrons. The fourth-order valence-electron chi connectivity index (χ4n) is 5.00. The Labute approximate surface area is 206 Å². The predicted octanol–water partition coefficient (Wildman–Crippen LogP) is 4.70. The smallest absolute Gasteiger partial charge is 0.407 e. The monoisotopic (exact) mass is 478 g/mol. The van der Waals surface area contributed by atoms with Gasteiger partial charge in [0.15, 0.2) is 0 Å². The molecule has 4 rings (SSSR count). The quantitative estimate of drug-likeness (QED) is 0.410. The van der Waals surface area contributed by atoms with E-state index in [0.29, 0.717) is 18.8 Å². The molecule has 0 bridgehead atoms. The molecule has 2 aliphatic rings. The van der Waals surface area contributed by atoms with Crippen molar-refractivity contribution in [3.8, 4) is 11.1 Å². The summed E-state index contributed by atoms with van der Waals surface area (Å²) in [6.07, 6.45) is 3.59. The lowest BCUT2D eigenvalue weighted by Crippen LogP contribution is -2.44. The van der Waals surface area contributed by atoms with Crippen molar-refractivity contribution in [2.75, 3.05) is 13.2 Å². The van der Waals surface area contributed by atoms with E-state index < -0.39 is 24.0 Å². The second kappa shape index (κ2) is 11.4. The van der Waals surface area contributed by atoms with Crippen LogP contribution in [0, 0.1) is 11.8 Å². The predicted molar refractivity (Wildman–Crippen MR) is 133 cm³/mol. The topological polar surface area (TPSA) is 105 Å². The molecule has 2 amide bonds. The lowest BCUT2D eigenvalue weighted by Gasteiger charge is -2.22. The van der Waals surface area contributed by atoms with Gasteiger partial charge in [0.25, 0.3) is 0 Å². The van der Waals surface area contributed by atoms with Crippen LogP contribution in [0.4, 0.5) is 4.79 Å². The summed E-state index contributed by atoms with van der Waals surface area (Å²) in [7, 11) is 0. The summed E-state index contributed by atoms with van der Waals surface area (Å²) in [6, 6.07) is 15.9. The number of amides is 2. The first-order valence-corrected chi connectivity index (χ1v) is 12.6. The van der Waals surface area contributed by atoms with Crippen LogP contribution in [0.25, 0.3) is 11.1 Å². The van der Waals surface area contributed by atoms with Crippen molar-refractivity contribution < 1.29 is 24.2 Å². The number of carbonyl (C=O) groups is 3. The van der Waals surface area contributed by atoms with Crippen LogP contribution in [0.1, 0.15) is 62.5 Å². The number of carbonyl (C=O) groups excluding carboxylic acids is 2. The molecule has 0 spiro atoms. The van der Waals surface area contributed by atoms with Crippen molar-refractivity contribution in [2.24, 2.45) is 11.8 Å². The summed E-state index contributed by atoms with van der Waals surface area (Å²) in [5.74, 6) is -1.07. The Morgan fingerprint density at radius 2 is 1.66 bits per heavy atom. The highest BCUT2D eigenvalue weighted by molar-refractivity contribution is 5.81. The van der Waals surface area contributed by atoms with Crippen molar-refractivity contribution in [1.82, 2.24) is 10.6 Å². The number of carboxylic acids is 1. The van der Waals surface area contributed by atoms with Crippen LogP contribution >= 0.6 is 0 Å². The molecule has 0 heterocycles. The van der Waals surface area contributed by atoms with E-state index in [9.17, 15) is 14.4 Å². The summed E-state index contributed by atoms with van der Waals surface area (Å²) in [4.78, 5) is 36.7. The maximum atomic E-state index is 12.9. The van der Waals surface area contributed by atoms with Crippen molar-refractivity contribution in [1.29, 1.82) is 0 Å². The first-order chi connectivity index (χ1) is 17.0. The van der Waals surface area contributed by atoms with E-state index in [1.54, 1.807) is 0 Å². The Morgan fingerprint density at radius 3 is 2.23 bits per heavy atom. The van der Waals surface area contributed by atoms with Gasteiger partial charge >= 0.3 is 12.1 Å². The molecule has 35 heavy (non-hydrogen) atoms. The van der Waals surface area contributed by atoms with E-state index in [1.165, 1.54) is 11.1 Å². The number of hydrogen-bond acceptors (Lipinski definition) is 4. The molecule has 7 heteroatoms. The molecule has 2 aromatic carbocycles. The number of benzene rings is 2. The number of carboxylic acid groups (broad SMARTS) is 1. The third kappa shape index (κ3) is 6.41. The summed E-state index contributed by atoms with van der Waals surface area (Å²) in [6.45, 7) is 2.35. The molecule has 2 atom stereocenters. The lowest BCUT2D eigenvalue weighted by molar-refractivity contribution is -0.137. The van der Waals surface area contributed by atoms with Gasteiger partial charge in [-0.2, -0.15) is 0 Å². The molecule has 2 aliphatic carbocycles. The number of rotatable bonds is 12. The van der Waals surface area contributed by atoms with Crippen LogP contribution in [0.5, 0.6) is 0 Å². The van der Waals surface area contributed by atoms with E-state index in [1.807, 2.05) is 31.2 Å². The average molecular weight is 479 g/mol. The normalized spacial score (nSPS) is 16.0. The Kier molecular flexibility index (Phi) is 8.06. The van der Waals surface area contributed by atoms with Crippen LogP contribution in [-0.4, -0.2) is 42.3 Å². The van der Waals surface area contributed by atoms with Gasteiger partial charge in [-0.25, -0.2) is 4.79 Å². The molecule has 0 aliphatic heterocycles. The van der Waals surface area contributed by atoms with Crippen molar-refractivity contribution in [2.45, 2.75) is 57.4 Å². The molecule has 3 N–H and O–H groups in total. The zero-order valence-electron chi connectivity index (χ0n) is 20.2. The third-order valence-corrected chi connectivity index (χ3v) is 6.93. The summed E-state index contributed by atoms with van der Waals surface area (Å²) in [5.41, 5.74) is 4.63.